The number of rotatable bonds is 4. The maximum Gasteiger partial charge on any atom is 0.138 e. The van der Waals surface area contributed by atoms with Crippen molar-refractivity contribution in [1.82, 2.24) is 4.98 Å². The van der Waals surface area contributed by atoms with Crippen molar-refractivity contribution in [2.24, 2.45) is 11.3 Å². The molecule has 102 valence electrons. The molecule has 1 unspecified atom stereocenters. The fraction of sp³-hybridized carbons (Fsp3) is 0.438. The summed E-state index contributed by atoms with van der Waals surface area (Å²) in [4.78, 5) is 4.40. The van der Waals surface area contributed by atoms with Gasteiger partial charge in [0.1, 0.15) is 5.75 Å². The number of hydrogen-bond acceptors (Lipinski definition) is 3. The number of aromatic nitrogens is 1. The van der Waals surface area contributed by atoms with Gasteiger partial charge in [-0.25, -0.2) is 0 Å². The van der Waals surface area contributed by atoms with Crippen LogP contribution < -0.4 is 4.74 Å². The minimum Gasteiger partial charge on any atom is -0.492 e. The minimum absolute atomic E-state index is 0.200. The lowest BCUT2D eigenvalue weighted by Gasteiger charge is -2.29. The molecule has 0 saturated carbocycles. The van der Waals surface area contributed by atoms with Crippen LogP contribution in [0.1, 0.15) is 20.8 Å². The van der Waals surface area contributed by atoms with E-state index in [-0.39, 0.29) is 5.41 Å². The third-order valence-electron chi connectivity index (χ3n) is 3.46. The first-order chi connectivity index (χ1) is 9.00. The molecule has 3 heteroatoms. The highest BCUT2D eigenvalue weighted by molar-refractivity contribution is 7.80. The fourth-order valence-electron chi connectivity index (χ4n) is 1.90. The lowest BCUT2D eigenvalue weighted by atomic mass is 9.82. The van der Waals surface area contributed by atoms with Gasteiger partial charge in [0.15, 0.2) is 0 Å². The quantitative estimate of drug-likeness (QED) is 0.845. The maximum absolute atomic E-state index is 5.88. The molecule has 2 rings (SSSR count). The van der Waals surface area contributed by atoms with Crippen LogP contribution in [0.25, 0.3) is 10.9 Å². The first-order valence-corrected chi connectivity index (χ1v) is 7.22. The van der Waals surface area contributed by atoms with Crippen LogP contribution in [0.4, 0.5) is 0 Å². The van der Waals surface area contributed by atoms with Crippen LogP contribution in [0.2, 0.25) is 0 Å². The highest BCUT2D eigenvalue weighted by atomic mass is 32.1. The smallest absolute Gasteiger partial charge is 0.138 e. The third-order valence-corrected chi connectivity index (χ3v) is 3.90. The minimum atomic E-state index is 0.200. The predicted octanol–water partition coefficient (Wildman–Crippen LogP) is 4.21. The van der Waals surface area contributed by atoms with Crippen LogP contribution in [-0.4, -0.2) is 17.3 Å². The Morgan fingerprint density at radius 2 is 2.00 bits per heavy atom. The molecular formula is C16H21NOS. The summed E-state index contributed by atoms with van der Waals surface area (Å²) in [5, 5.41) is 1.11. The van der Waals surface area contributed by atoms with E-state index in [0.717, 1.165) is 22.4 Å². The van der Waals surface area contributed by atoms with Crippen LogP contribution in [0, 0.1) is 11.3 Å². The SMILES string of the molecule is CC(C)(C)C(CS)COc1cnc2ccccc2c1. The Morgan fingerprint density at radius 3 is 2.68 bits per heavy atom. The average molecular weight is 275 g/mol. The van der Waals surface area contributed by atoms with Gasteiger partial charge in [0.05, 0.1) is 18.3 Å². The van der Waals surface area contributed by atoms with Crippen molar-refractivity contribution in [2.75, 3.05) is 12.4 Å². The van der Waals surface area contributed by atoms with E-state index in [2.05, 4.69) is 44.5 Å². The molecule has 0 aliphatic heterocycles. The summed E-state index contributed by atoms with van der Waals surface area (Å²) in [6.45, 7) is 7.33. The molecule has 0 N–H and O–H groups in total. The Kier molecular flexibility index (Phi) is 4.35. The van der Waals surface area contributed by atoms with Gasteiger partial charge in [-0.15, -0.1) is 0 Å². The van der Waals surface area contributed by atoms with Gasteiger partial charge >= 0.3 is 0 Å². The standard InChI is InChI=1S/C16H21NOS/c1-16(2,3)13(11-19)10-18-14-8-12-6-4-5-7-15(12)17-9-14/h4-9,13,19H,10-11H2,1-3H3. The molecule has 0 aliphatic carbocycles. The fourth-order valence-corrected chi connectivity index (χ4v) is 2.56. The van der Waals surface area contributed by atoms with Gasteiger partial charge in [-0.3, -0.25) is 4.98 Å². The van der Waals surface area contributed by atoms with E-state index >= 15 is 0 Å². The summed E-state index contributed by atoms with van der Waals surface area (Å²) in [5.41, 5.74) is 1.20. The molecule has 0 spiro atoms. The van der Waals surface area contributed by atoms with Crippen molar-refractivity contribution >= 4 is 23.5 Å². The summed E-state index contributed by atoms with van der Waals surface area (Å²) in [6.07, 6.45) is 1.79. The molecule has 2 aromatic rings. The predicted molar refractivity (Wildman–Crippen MR) is 84.0 cm³/mol. The lowest BCUT2D eigenvalue weighted by molar-refractivity contribution is 0.165. The summed E-state index contributed by atoms with van der Waals surface area (Å²) in [6, 6.07) is 10.1. The van der Waals surface area contributed by atoms with Crippen molar-refractivity contribution < 1.29 is 4.74 Å². The van der Waals surface area contributed by atoms with E-state index in [1.54, 1.807) is 6.20 Å². The summed E-state index contributed by atoms with van der Waals surface area (Å²) < 4.78 is 5.88. The normalized spacial score (nSPS) is 13.5. The maximum atomic E-state index is 5.88. The monoisotopic (exact) mass is 275 g/mol. The van der Waals surface area contributed by atoms with Crippen LogP contribution in [0.15, 0.2) is 36.5 Å². The van der Waals surface area contributed by atoms with Crippen molar-refractivity contribution in [3.05, 3.63) is 36.5 Å². The zero-order chi connectivity index (χ0) is 13.9. The number of benzene rings is 1. The highest BCUT2D eigenvalue weighted by Crippen LogP contribution is 2.28. The van der Waals surface area contributed by atoms with E-state index in [9.17, 15) is 0 Å². The number of ether oxygens (including phenoxy) is 1. The first kappa shape index (κ1) is 14.2. The Hall–Kier alpha value is -1.22. The molecule has 0 saturated heterocycles. The number of thiol groups is 1. The molecule has 1 aromatic heterocycles. The number of para-hydroxylation sites is 1. The van der Waals surface area contributed by atoms with E-state index in [0.29, 0.717) is 12.5 Å². The Balaban J connectivity index is 2.09. The van der Waals surface area contributed by atoms with Crippen molar-refractivity contribution in [3.8, 4) is 5.75 Å². The zero-order valence-corrected chi connectivity index (χ0v) is 12.7. The molecule has 1 aromatic carbocycles. The van der Waals surface area contributed by atoms with Crippen LogP contribution in [0.5, 0.6) is 5.75 Å². The van der Waals surface area contributed by atoms with Crippen LogP contribution in [0.3, 0.4) is 0 Å². The Morgan fingerprint density at radius 1 is 1.26 bits per heavy atom. The van der Waals surface area contributed by atoms with Gasteiger partial charge in [-0.05, 0) is 23.3 Å². The van der Waals surface area contributed by atoms with Crippen molar-refractivity contribution in [1.29, 1.82) is 0 Å². The number of nitrogens with zero attached hydrogens (tertiary/aromatic N) is 1. The second-order valence-corrected chi connectivity index (χ2v) is 6.29. The van der Waals surface area contributed by atoms with Crippen LogP contribution in [-0.2, 0) is 0 Å². The second kappa shape index (κ2) is 5.83. The molecule has 19 heavy (non-hydrogen) atoms. The van der Waals surface area contributed by atoms with E-state index < -0.39 is 0 Å². The van der Waals surface area contributed by atoms with E-state index in [1.165, 1.54) is 0 Å². The van der Waals surface area contributed by atoms with Crippen molar-refractivity contribution in [2.45, 2.75) is 20.8 Å². The molecule has 0 radical (unpaired) electrons. The third kappa shape index (κ3) is 3.63. The van der Waals surface area contributed by atoms with Gasteiger partial charge in [-0.2, -0.15) is 12.6 Å². The zero-order valence-electron chi connectivity index (χ0n) is 11.8. The van der Waals surface area contributed by atoms with Crippen LogP contribution >= 0.6 is 12.6 Å². The molecule has 0 aliphatic rings. The first-order valence-electron chi connectivity index (χ1n) is 6.59. The largest absolute Gasteiger partial charge is 0.492 e. The van der Waals surface area contributed by atoms with E-state index in [1.807, 2.05) is 24.3 Å². The molecule has 1 atom stereocenters. The summed E-state index contributed by atoms with van der Waals surface area (Å²) >= 11 is 4.42. The van der Waals surface area contributed by atoms with Gasteiger partial charge in [0.2, 0.25) is 0 Å². The van der Waals surface area contributed by atoms with Gasteiger partial charge in [-0.1, -0.05) is 39.0 Å². The van der Waals surface area contributed by atoms with Crippen molar-refractivity contribution in [3.63, 3.8) is 0 Å². The Labute approximate surface area is 120 Å². The molecule has 1 heterocycles. The number of fused-ring (bicyclic) bond motifs is 1. The average Bonchev–Trinajstić information content (AvgIpc) is 2.37. The molecule has 0 amide bonds. The Bertz CT molecular complexity index is 548. The molecule has 0 fully saturated rings. The second-order valence-electron chi connectivity index (χ2n) is 5.92. The van der Waals surface area contributed by atoms with Gasteiger partial charge < -0.3 is 4.74 Å². The van der Waals surface area contributed by atoms with Gasteiger partial charge in [0.25, 0.3) is 0 Å². The highest BCUT2D eigenvalue weighted by Gasteiger charge is 2.23. The summed E-state index contributed by atoms with van der Waals surface area (Å²) in [5.74, 6) is 2.07. The van der Waals surface area contributed by atoms with E-state index in [4.69, 9.17) is 4.74 Å². The lowest BCUT2D eigenvalue weighted by Crippen LogP contribution is -2.28. The molecule has 0 bridgehead atoms. The number of pyridine rings is 1. The topological polar surface area (TPSA) is 22.1 Å². The number of hydrogen-bond donors (Lipinski definition) is 1. The molecule has 2 nitrogen and oxygen atoms in total. The molecular weight excluding hydrogens is 254 g/mol. The summed E-state index contributed by atoms with van der Waals surface area (Å²) in [7, 11) is 0. The van der Waals surface area contributed by atoms with Gasteiger partial charge in [0, 0.05) is 11.3 Å².